The first kappa shape index (κ1) is 21.7. The van der Waals surface area contributed by atoms with Crippen LogP contribution >= 0.6 is 11.3 Å². The van der Waals surface area contributed by atoms with Crippen molar-refractivity contribution in [3.05, 3.63) is 57.5 Å². The minimum Gasteiger partial charge on any atom is -0.380 e. The molecule has 1 aromatic heterocycles. The van der Waals surface area contributed by atoms with E-state index in [0.717, 1.165) is 50.5 Å². The van der Waals surface area contributed by atoms with Crippen molar-refractivity contribution < 1.29 is 9.13 Å². The average Bonchev–Trinajstić information content (AvgIpc) is 3.23. The van der Waals surface area contributed by atoms with Crippen LogP contribution in [0.1, 0.15) is 36.5 Å². The van der Waals surface area contributed by atoms with Crippen molar-refractivity contribution >= 4 is 17.3 Å². The molecule has 158 valence electrons. The second-order valence-electron chi connectivity index (χ2n) is 7.38. The lowest BCUT2D eigenvalue weighted by Crippen LogP contribution is -2.48. The van der Waals surface area contributed by atoms with E-state index in [9.17, 15) is 4.39 Å². The minimum atomic E-state index is -0.237. The van der Waals surface area contributed by atoms with Gasteiger partial charge < -0.3 is 15.4 Å². The predicted molar refractivity (Wildman–Crippen MR) is 118 cm³/mol. The van der Waals surface area contributed by atoms with Crippen LogP contribution in [-0.2, 0) is 24.4 Å². The molecule has 2 heterocycles. The first-order valence-corrected chi connectivity index (χ1v) is 11.2. The number of aliphatic imine (C=N–C) groups is 1. The Bertz CT molecular complexity index is 773. The highest BCUT2D eigenvalue weighted by Gasteiger charge is 2.20. The Balaban J connectivity index is 1.52. The lowest BCUT2D eigenvalue weighted by atomic mass is 10.0. The van der Waals surface area contributed by atoms with Gasteiger partial charge in [-0.3, -0.25) is 4.90 Å². The summed E-state index contributed by atoms with van der Waals surface area (Å²) in [5, 5.41) is 11.3. The quantitative estimate of drug-likeness (QED) is 0.506. The van der Waals surface area contributed by atoms with E-state index in [0.29, 0.717) is 18.2 Å². The van der Waals surface area contributed by atoms with Crippen LogP contribution in [0.25, 0.3) is 0 Å². The zero-order valence-electron chi connectivity index (χ0n) is 17.3. The standard InChI is InChI=1S/C22H31FN4OS/c1-3-24-22(25-13-17-4-5-21(23)19(12-17)15-28-2)26-20-6-9-27(10-7-20)14-18-8-11-29-16-18/h4-5,8,11-12,16,20H,3,6-7,9-10,13-15H2,1-2H3,(H2,24,25,26). The molecule has 3 rings (SSSR count). The van der Waals surface area contributed by atoms with Gasteiger partial charge in [0.05, 0.1) is 13.2 Å². The zero-order chi connectivity index (χ0) is 20.5. The summed E-state index contributed by atoms with van der Waals surface area (Å²) in [4.78, 5) is 7.22. The van der Waals surface area contributed by atoms with Crippen LogP contribution in [0.2, 0.25) is 0 Å². The Morgan fingerprint density at radius 3 is 2.79 bits per heavy atom. The summed E-state index contributed by atoms with van der Waals surface area (Å²) in [5.74, 6) is 0.584. The van der Waals surface area contributed by atoms with Crippen LogP contribution < -0.4 is 10.6 Å². The van der Waals surface area contributed by atoms with Crippen molar-refractivity contribution in [2.45, 2.75) is 45.5 Å². The highest BCUT2D eigenvalue weighted by Crippen LogP contribution is 2.16. The molecule has 5 nitrogen and oxygen atoms in total. The molecule has 1 aliphatic rings. The third-order valence-corrected chi connectivity index (χ3v) is 5.82. The van der Waals surface area contributed by atoms with Crippen LogP contribution in [0.4, 0.5) is 4.39 Å². The molecule has 1 saturated heterocycles. The van der Waals surface area contributed by atoms with Gasteiger partial charge >= 0.3 is 0 Å². The van der Waals surface area contributed by atoms with E-state index in [1.165, 1.54) is 11.6 Å². The number of halogens is 1. The van der Waals surface area contributed by atoms with Crippen molar-refractivity contribution in [3.8, 4) is 0 Å². The normalized spacial score (nSPS) is 16.2. The number of hydrogen-bond donors (Lipinski definition) is 2. The fourth-order valence-electron chi connectivity index (χ4n) is 3.55. The number of guanidine groups is 1. The van der Waals surface area contributed by atoms with E-state index in [-0.39, 0.29) is 12.4 Å². The summed E-state index contributed by atoms with van der Waals surface area (Å²) in [5.41, 5.74) is 2.95. The zero-order valence-corrected chi connectivity index (χ0v) is 18.1. The van der Waals surface area contributed by atoms with Crippen LogP contribution in [0.3, 0.4) is 0 Å². The number of piperidine rings is 1. The largest absolute Gasteiger partial charge is 0.380 e. The summed E-state index contributed by atoms with van der Waals surface area (Å²) in [7, 11) is 1.57. The van der Waals surface area contributed by atoms with E-state index in [1.54, 1.807) is 24.5 Å². The number of nitrogens with one attached hydrogen (secondary N) is 2. The van der Waals surface area contributed by atoms with Gasteiger partial charge in [0.2, 0.25) is 0 Å². The highest BCUT2D eigenvalue weighted by atomic mass is 32.1. The predicted octanol–water partition coefficient (Wildman–Crippen LogP) is 3.75. The lowest BCUT2D eigenvalue weighted by molar-refractivity contribution is 0.181. The summed E-state index contributed by atoms with van der Waals surface area (Å²) in [6.45, 7) is 6.86. The van der Waals surface area contributed by atoms with Crippen molar-refractivity contribution in [2.75, 3.05) is 26.7 Å². The molecule has 1 aromatic carbocycles. The minimum absolute atomic E-state index is 0.237. The van der Waals surface area contributed by atoms with E-state index in [1.807, 2.05) is 6.07 Å². The van der Waals surface area contributed by atoms with Gasteiger partial charge in [-0.15, -0.1) is 0 Å². The number of methoxy groups -OCH3 is 1. The molecule has 2 aromatic rings. The molecule has 0 saturated carbocycles. The average molecular weight is 419 g/mol. The third-order valence-electron chi connectivity index (χ3n) is 5.09. The van der Waals surface area contributed by atoms with Gasteiger partial charge in [-0.2, -0.15) is 11.3 Å². The first-order valence-electron chi connectivity index (χ1n) is 10.2. The van der Waals surface area contributed by atoms with Crippen molar-refractivity contribution in [1.82, 2.24) is 15.5 Å². The molecule has 2 N–H and O–H groups in total. The van der Waals surface area contributed by atoms with Gasteiger partial charge in [0.1, 0.15) is 5.82 Å². The van der Waals surface area contributed by atoms with Crippen molar-refractivity contribution in [1.29, 1.82) is 0 Å². The van der Waals surface area contributed by atoms with Gasteiger partial charge in [-0.1, -0.05) is 6.07 Å². The molecule has 29 heavy (non-hydrogen) atoms. The number of likely N-dealkylation sites (tertiary alicyclic amines) is 1. The Hall–Kier alpha value is -1.96. The molecular weight excluding hydrogens is 387 g/mol. The van der Waals surface area contributed by atoms with E-state index in [4.69, 9.17) is 9.73 Å². The number of hydrogen-bond acceptors (Lipinski definition) is 4. The topological polar surface area (TPSA) is 48.9 Å². The second-order valence-corrected chi connectivity index (χ2v) is 8.16. The Labute approximate surface area is 177 Å². The molecule has 1 aliphatic heterocycles. The monoisotopic (exact) mass is 418 g/mol. The Morgan fingerprint density at radius 1 is 1.28 bits per heavy atom. The summed E-state index contributed by atoms with van der Waals surface area (Å²) >= 11 is 1.76. The SMILES string of the molecule is CCNC(=NCc1ccc(F)c(COC)c1)NC1CCN(Cc2ccsc2)CC1. The van der Waals surface area contributed by atoms with E-state index >= 15 is 0 Å². The molecule has 0 atom stereocenters. The number of nitrogens with zero attached hydrogens (tertiary/aromatic N) is 2. The third kappa shape index (κ3) is 6.80. The van der Waals surface area contributed by atoms with Crippen LogP contribution in [0.5, 0.6) is 0 Å². The number of ether oxygens (including phenoxy) is 1. The molecule has 7 heteroatoms. The molecule has 0 spiro atoms. The molecule has 1 fully saturated rings. The van der Waals surface area contributed by atoms with Gasteiger partial charge in [0.25, 0.3) is 0 Å². The number of benzene rings is 1. The molecule has 0 aliphatic carbocycles. The fourth-order valence-corrected chi connectivity index (χ4v) is 4.21. The maximum atomic E-state index is 13.8. The summed E-state index contributed by atoms with van der Waals surface area (Å²) in [6.07, 6.45) is 2.20. The molecular formula is C22H31FN4OS. The van der Waals surface area contributed by atoms with Crippen LogP contribution in [-0.4, -0.2) is 43.6 Å². The van der Waals surface area contributed by atoms with E-state index < -0.39 is 0 Å². The van der Waals surface area contributed by atoms with Crippen molar-refractivity contribution in [3.63, 3.8) is 0 Å². The van der Waals surface area contributed by atoms with Crippen LogP contribution in [0, 0.1) is 5.82 Å². The van der Waals surface area contributed by atoms with Crippen LogP contribution in [0.15, 0.2) is 40.0 Å². The fraction of sp³-hybridized carbons (Fsp3) is 0.500. The van der Waals surface area contributed by atoms with Gasteiger partial charge in [-0.25, -0.2) is 9.38 Å². The smallest absolute Gasteiger partial charge is 0.191 e. The van der Waals surface area contributed by atoms with Gasteiger partial charge in [-0.05, 0) is 59.9 Å². The van der Waals surface area contributed by atoms with Crippen molar-refractivity contribution in [2.24, 2.45) is 4.99 Å². The Kier molecular flexibility index (Phi) is 8.46. The van der Waals surface area contributed by atoms with Gasteiger partial charge in [0.15, 0.2) is 5.96 Å². The Morgan fingerprint density at radius 2 is 2.10 bits per heavy atom. The first-order chi connectivity index (χ1) is 14.2. The maximum absolute atomic E-state index is 13.8. The number of rotatable bonds is 8. The lowest BCUT2D eigenvalue weighted by Gasteiger charge is -2.33. The molecule has 0 bridgehead atoms. The van der Waals surface area contributed by atoms with E-state index in [2.05, 4.69) is 39.3 Å². The molecule has 0 amide bonds. The number of thiophene rings is 1. The van der Waals surface area contributed by atoms with Gasteiger partial charge in [0, 0.05) is 44.9 Å². The molecule has 0 radical (unpaired) electrons. The highest BCUT2D eigenvalue weighted by molar-refractivity contribution is 7.07. The molecule has 0 unspecified atom stereocenters. The summed E-state index contributed by atoms with van der Waals surface area (Å²) in [6, 6.07) is 7.73. The maximum Gasteiger partial charge on any atom is 0.191 e. The second kappa shape index (κ2) is 11.3. The summed E-state index contributed by atoms with van der Waals surface area (Å²) < 4.78 is 18.9.